The van der Waals surface area contributed by atoms with Crippen molar-refractivity contribution in [1.82, 2.24) is 9.62 Å². The van der Waals surface area contributed by atoms with Crippen LogP contribution in [-0.4, -0.2) is 65.2 Å². The Morgan fingerprint density at radius 1 is 1.18 bits per heavy atom. The average Bonchev–Trinajstić information content (AvgIpc) is 2.66. The van der Waals surface area contributed by atoms with Crippen molar-refractivity contribution in [2.75, 3.05) is 46.6 Å². The minimum absolute atomic E-state index is 0.171. The van der Waals surface area contributed by atoms with E-state index in [-0.39, 0.29) is 10.8 Å². The number of ether oxygens (including phenoxy) is 2. The number of nitrogens with zero attached hydrogens (tertiary/aromatic N) is 1. The molecule has 0 radical (unpaired) electrons. The van der Waals surface area contributed by atoms with E-state index in [4.69, 9.17) is 9.47 Å². The van der Waals surface area contributed by atoms with Crippen molar-refractivity contribution in [3.8, 4) is 0 Å². The smallest absolute Gasteiger partial charge is 0.251 e. The predicted octanol–water partition coefficient (Wildman–Crippen LogP) is 2.14. The number of amides is 1. The number of carbonyl (C=O) groups is 1. The van der Waals surface area contributed by atoms with Crippen LogP contribution in [0.2, 0.25) is 0 Å². The van der Waals surface area contributed by atoms with E-state index in [9.17, 15) is 13.2 Å². The third-order valence-corrected chi connectivity index (χ3v) is 6.58. The van der Waals surface area contributed by atoms with Crippen LogP contribution in [-0.2, 0) is 19.5 Å². The number of nitrogens with one attached hydrogen (secondary N) is 1. The number of methoxy groups -OCH3 is 1. The molecule has 0 aliphatic carbocycles. The summed E-state index contributed by atoms with van der Waals surface area (Å²) in [6.07, 6.45) is 1.71. The Bertz CT molecular complexity index is 728. The standard InChI is InChI=1S/C20H32N2O5S/c1-16-12-17(2)15-22(14-16)28(24,25)19-7-4-6-18(13-19)20(23)21-8-5-9-27-11-10-26-3/h4,6-7,13,16-17H,5,8-12,14-15H2,1-3H3,(H,21,23). The Morgan fingerprint density at radius 3 is 2.57 bits per heavy atom. The van der Waals surface area contributed by atoms with E-state index in [0.29, 0.717) is 63.3 Å². The van der Waals surface area contributed by atoms with Crippen LogP contribution in [0, 0.1) is 11.8 Å². The van der Waals surface area contributed by atoms with Gasteiger partial charge in [-0.1, -0.05) is 19.9 Å². The molecule has 1 saturated heterocycles. The first-order valence-corrected chi connectivity index (χ1v) is 11.2. The molecule has 2 atom stereocenters. The number of rotatable bonds is 10. The summed E-state index contributed by atoms with van der Waals surface area (Å²) in [5.74, 6) is 0.376. The second-order valence-electron chi connectivity index (χ2n) is 7.51. The zero-order valence-electron chi connectivity index (χ0n) is 17.0. The van der Waals surface area contributed by atoms with Gasteiger partial charge >= 0.3 is 0 Å². The first-order valence-electron chi connectivity index (χ1n) is 9.79. The molecular weight excluding hydrogens is 380 g/mol. The lowest BCUT2D eigenvalue weighted by Gasteiger charge is -2.34. The van der Waals surface area contributed by atoms with Gasteiger partial charge in [-0.15, -0.1) is 0 Å². The van der Waals surface area contributed by atoms with Gasteiger partial charge in [-0.05, 0) is 42.9 Å². The molecule has 1 heterocycles. The number of hydrogen-bond acceptors (Lipinski definition) is 5. The maximum Gasteiger partial charge on any atom is 0.251 e. The van der Waals surface area contributed by atoms with Crippen molar-refractivity contribution in [2.24, 2.45) is 11.8 Å². The molecule has 7 nitrogen and oxygen atoms in total. The molecule has 1 aliphatic heterocycles. The van der Waals surface area contributed by atoms with Gasteiger partial charge in [0.25, 0.3) is 5.91 Å². The molecule has 0 spiro atoms. The van der Waals surface area contributed by atoms with E-state index >= 15 is 0 Å². The third-order valence-electron chi connectivity index (χ3n) is 4.75. The van der Waals surface area contributed by atoms with Crippen molar-refractivity contribution in [1.29, 1.82) is 0 Å². The van der Waals surface area contributed by atoms with E-state index < -0.39 is 10.0 Å². The van der Waals surface area contributed by atoms with E-state index in [2.05, 4.69) is 19.2 Å². The predicted molar refractivity (Wildman–Crippen MR) is 108 cm³/mol. The molecule has 0 aromatic heterocycles. The second kappa shape index (κ2) is 10.9. The Balaban J connectivity index is 1.94. The summed E-state index contributed by atoms with van der Waals surface area (Å²) < 4.78 is 37.8. The highest BCUT2D eigenvalue weighted by atomic mass is 32.2. The Hall–Kier alpha value is -1.48. The van der Waals surface area contributed by atoms with Gasteiger partial charge in [-0.25, -0.2) is 8.42 Å². The Morgan fingerprint density at radius 2 is 1.89 bits per heavy atom. The highest BCUT2D eigenvalue weighted by Gasteiger charge is 2.31. The molecule has 1 aromatic carbocycles. The number of sulfonamides is 1. The molecule has 28 heavy (non-hydrogen) atoms. The van der Waals surface area contributed by atoms with Crippen LogP contribution in [0.4, 0.5) is 0 Å². The van der Waals surface area contributed by atoms with E-state index in [0.717, 1.165) is 6.42 Å². The van der Waals surface area contributed by atoms with Gasteiger partial charge in [0.15, 0.2) is 0 Å². The maximum atomic E-state index is 13.0. The zero-order chi connectivity index (χ0) is 20.6. The minimum atomic E-state index is -3.60. The second-order valence-corrected chi connectivity index (χ2v) is 9.45. The highest BCUT2D eigenvalue weighted by Crippen LogP contribution is 2.27. The Kier molecular flexibility index (Phi) is 8.88. The SMILES string of the molecule is COCCOCCCNC(=O)c1cccc(S(=O)(=O)N2CC(C)CC(C)C2)c1. The van der Waals surface area contributed by atoms with Gasteiger partial charge in [0.05, 0.1) is 18.1 Å². The van der Waals surface area contributed by atoms with Crippen LogP contribution in [0.25, 0.3) is 0 Å². The molecule has 1 aliphatic rings. The van der Waals surface area contributed by atoms with Crippen LogP contribution in [0.5, 0.6) is 0 Å². The van der Waals surface area contributed by atoms with Gasteiger partial charge in [-0.2, -0.15) is 4.31 Å². The summed E-state index contributed by atoms with van der Waals surface area (Å²) in [7, 11) is -1.98. The van der Waals surface area contributed by atoms with Crippen molar-refractivity contribution in [3.63, 3.8) is 0 Å². The van der Waals surface area contributed by atoms with Gasteiger partial charge < -0.3 is 14.8 Å². The fourth-order valence-corrected chi connectivity index (χ4v) is 5.20. The van der Waals surface area contributed by atoms with E-state index in [1.54, 1.807) is 29.6 Å². The van der Waals surface area contributed by atoms with Crippen molar-refractivity contribution < 1.29 is 22.7 Å². The molecular formula is C20H32N2O5S. The Labute approximate surface area is 168 Å². The number of carbonyl (C=O) groups excluding carboxylic acids is 1. The lowest BCUT2D eigenvalue weighted by atomic mass is 9.94. The van der Waals surface area contributed by atoms with Crippen molar-refractivity contribution >= 4 is 15.9 Å². The molecule has 2 rings (SSSR count). The summed E-state index contributed by atoms with van der Waals surface area (Å²) in [5.41, 5.74) is 0.347. The number of piperidine rings is 1. The van der Waals surface area contributed by atoms with Gasteiger partial charge in [-0.3, -0.25) is 4.79 Å². The van der Waals surface area contributed by atoms with Crippen LogP contribution < -0.4 is 5.32 Å². The molecule has 8 heteroatoms. The number of benzene rings is 1. The zero-order valence-corrected chi connectivity index (χ0v) is 17.8. The lowest BCUT2D eigenvalue weighted by molar-refractivity contribution is 0.0688. The summed E-state index contributed by atoms with van der Waals surface area (Å²) in [4.78, 5) is 12.5. The molecule has 1 N–H and O–H groups in total. The highest BCUT2D eigenvalue weighted by molar-refractivity contribution is 7.89. The summed E-state index contributed by atoms with van der Waals surface area (Å²) in [6, 6.07) is 6.26. The van der Waals surface area contributed by atoms with Crippen LogP contribution in [0.1, 0.15) is 37.0 Å². The van der Waals surface area contributed by atoms with Gasteiger partial charge in [0.2, 0.25) is 10.0 Å². The molecule has 1 aromatic rings. The normalized spacial score (nSPS) is 20.8. The molecule has 1 amide bonds. The lowest BCUT2D eigenvalue weighted by Crippen LogP contribution is -2.42. The van der Waals surface area contributed by atoms with Crippen LogP contribution in [0.3, 0.4) is 0 Å². The topological polar surface area (TPSA) is 84.9 Å². The fourth-order valence-electron chi connectivity index (χ4n) is 3.47. The van der Waals surface area contributed by atoms with Crippen LogP contribution >= 0.6 is 0 Å². The molecule has 1 fully saturated rings. The summed E-state index contributed by atoms with van der Waals surface area (Å²) >= 11 is 0. The van der Waals surface area contributed by atoms with Crippen LogP contribution in [0.15, 0.2) is 29.2 Å². The monoisotopic (exact) mass is 412 g/mol. The fraction of sp³-hybridized carbons (Fsp3) is 0.650. The van der Waals surface area contributed by atoms with Crippen molar-refractivity contribution in [2.45, 2.75) is 31.6 Å². The summed E-state index contributed by atoms with van der Waals surface area (Å²) in [5, 5.41) is 2.80. The van der Waals surface area contributed by atoms with Gasteiger partial charge in [0, 0.05) is 38.9 Å². The average molecular weight is 413 g/mol. The van der Waals surface area contributed by atoms with Gasteiger partial charge in [0.1, 0.15) is 0 Å². The molecule has 0 bridgehead atoms. The van der Waals surface area contributed by atoms with Crippen molar-refractivity contribution in [3.05, 3.63) is 29.8 Å². The van der Waals surface area contributed by atoms with E-state index in [1.807, 2.05) is 0 Å². The summed E-state index contributed by atoms with van der Waals surface area (Å²) in [6.45, 7) is 7.24. The first-order chi connectivity index (χ1) is 13.3. The van der Waals surface area contributed by atoms with E-state index in [1.165, 1.54) is 6.07 Å². The molecule has 158 valence electrons. The maximum absolute atomic E-state index is 13.0. The molecule has 2 unspecified atom stereocenters. The molecule has 0 saturated carbocycles. The third kappa shape index (κ3) is 6.55. The minimum Gasteiger partial charge on any atom is -0.382 e. The first kappa shape index (κ1) is 22.8. The quantitative estimate of drug-likeness (QED) is 0.595. The number of hydrogen-bond donors (Lipinski definition) is 1. The largest absolute Gasteiger partial charge is 0.382 e.